The van der Waals surface area contributed by atoms with Crippen LogP contribution in [0.5, 0.6) is 0 Å². The summed E-state index contributed by atoms with van der Waals surface area (Å²) in [5, 5.41) is 0. The molecule has 2 saturated heterocycles. The molecular weight excluding hydrogens is 296 g/mol. The lowest BCUT2D eigenvalue weighted by Crippen LogP contribution is -2.52. The Hall–Kier alpha value is -2.13. The van der Waals surface area contributed by atoms with Gasteiger partial charge in [0, 0.05) is 31.2 Å². The highest BCUT2D eigenvalue weighted by Crippen LogP contribution is 2.25. The number of piperazine rings is 1. The Morgan fingerprint density at radius 1 is 1.00 bits per heavy atom. The minimum Gasteiger partial charge on any atom is -0.336 e. The first-order valence-electron chi connectivity index (χ1n) is 8.92. The lowest BCUT2D eigenvalue weighted by Gasteiger charge is -2.37. The molecule has 0 saturated carbocycles. The van der Waals surface area contributed by atoms with Crippen LogP contribution in [0, 0.1) is 6.92 Å². The quantitative estimate of drug-likeness (QED) is 0.844. The summed E-state index contributed by atoms with van der Waals surface area (Å²) in [7, 11) is 0. The first-order chi connectivity index (χ1) is 11.7. The molecular formula is C21H24N2O. The molecule has 4 rings (SSSR count). The van der Waals surface area contributed by atoms with Crippen molar-refractivity contribution in [3.05, 3.63) is 59.7 Å². The van der Waals surface area contributed by atoms with E-state index in [9.17, 15) is 4.79 Å². The number of hydrogen-bond donors (Lipinski definition) is 0. The molecule has 2 aromatic carbocycles. The van der Waals surface area contributed by atoms with Crippen LogP contribution in [0.1, 0.15) is 28.8 Å². The van der Waals surface area contributed by atoms with E-state index in [0.717, 1.165) is 25.2 Å². The minimum atomic E-state index is 0.179. The van der Waals surface area contributed by atoms with Gasteiger partial charge in [-0.05, 0) is 55.1 Å². The monoisotopic (exact) mass is 320 g/mol. The summed E-state index contributed by atoms with van der Waals surface area (Å²) in [5.74, 6) is 0.179. The Morgan fingerprint density at radius 3 is 2.58 bits per heavy atom. The number of carbonyl (C=O) groups is 1. The smallest absolute Gasteiger partial charge is 0.253 e. The number of rotatable bonds is 2. The first kappa shape index (κ1) is 15.4. The Bertz CT molecular complexity index is 738. The lowest BCUT2D eigenvalue weighted by molar-refractivity contribution is 0.0571. The third-order valence-electron chi connectivity index (χ3n) is 5.46. The van der Waals surface area contributed by atoms with Crippen molar-refractivity contribution < 1.29 is 4.79 Å². The summed E-state index contributed by atoms with van der Waals surface area (Å²) in [6, 6.07) is 17.0. The van der Waals surface area contributed by atoms with E-state index in [1.165, 1.54) is 36.1 Å². The Balaban J connectivity index is 1.50. The third kappa shape index (κ3) is 2.84. The fourth-order valence-electron chi connectivity index (χ4n) is 4.05. The van der Waals surface area contributed by atoms with E-state index in [1.54, 1.807) is 0 Å². The molecule has 0 radical (unpaired) electrons. The second kappa shape index (κ2) is 6.40. The van der Waals surface area contributed by atoms with E-state index >= 15 is 0 Å². The van der Waals surface area contributed by atoms with E-state index in [0.29, 0.717) is 6.04 Å². The number of fused-ring (bicyclic) bond motifs is 1. The third-order valence-corrected chi connectivity index (χ3v) is 5.46. The SMILES string of the molecule is Cc1ccccc1-c1ccc(C(=O)N2CCN3CCC[C@@H]3C2)cc1. The predicted molar refractivity (Wildman–Crippen MR) is 97.1 cm³/mol. The Morgan fingerprint density at radius 2 is 1.79 bits per heavy atom. The summed E-state index contributed by atoms with van der Waals surface area (Å²) in [6.07, 6.45) is 2.51. The van der Waals surface area contributed by atoms with Crippen LogP contribution in [-0.2, 0) is 0 Å². The number of nitrogens with zero attached hydrogens (tertiary/aromatic N) is 2. The minimum absolute atomic E-state index is 0.179. The van der Waals surface area contributed by atoms with E-state index in [1.807, 2.05) is 17.0 Å². The largest absolute Gasteiger partial charge is 0.336 e. The van der Waals surface area contributed by atoms with Gasteiger partial charge < -0.3 is 4.90 Å². The highest BCUT2D eigenvalue weighted by Gasteiger charge is 2.32. The predicted octanol–water partition coefficient (Wildman–Crippen LogP) is 3.58. The molecule has 3 nitrogen and oxygen atoms in total. The molecule has 2 aliphatic heterocycles. The van der Waals surface area contributed by atoms with E-state index in [4.69, 9.17) is 0 Å². The second-order valence-corrected chi connectivity index (χ2v) is 6.98. The molecule has 0 N–H and O–H groups in total. The summed E-state index contributed by atoms with van der Waals surface area (Å²) in [4.78, 5) is 17.4. The standard InChI is InChI=1S/C21H24N2O/c1-16-5-2-3-7-20(16)17-8-10-18(11-9-17)21(24)23-14-13-22-12-4-6-19(22)15-23/h2-3,5,7-11,19H,4,6,12-15H2,1H3/t19-/m1/s1. The zero-order valence-corrected chi connectivity index (χ0v) is 14.2. The van der Waals surface area contributed by atoms with Crippen LogP contribution >= 0.6 is 0 Å². The molecule has 1 atom stereocenters. The van der Waals surface area contributed by atoms with Gasteiger partial charge in [0.25, 0.3) is 5.91 Å². The Kier molecular flexibility index (Phi) is 4.11. The van der Waals surface area contributed by atoms with Gasteiger partial charge in [0.1, 0.15) is 0 Å². The molecule has 1 amide bonds. The molecule has 2 aromatic rings. The molecule has 3 heteroatoms. The maximum Gasteiger partial charge on any atom is 0.253 e. The highest BCUT2D eigenvalue weighted by atomic mass is 16.2. The van der Waals surface area contributed by atoms with Crippen LogP contribution in [0.4, 0.5) is 0 Å². The fourth-order valence-corrected chi connectivity index (χ4v) is 4.05. The fraction of sp³-hybridized carbons (Fsp3) is 0.381. The maximum atomic E-state index is 12.8. The van der Waals surface area contributed by atoms with Gasteiger partial charge in [-0.25, -0.2) is 0 Å². The van der Waals surface area contributed by atoms with Gasteiger partial charge in [-0.1, -0.05) is 36.4 Å². The maximum absolute atomic E-state index is 12.8. The number of hydrogen-bond acceptors (Lipinski definition) is 2. The zero-order valence-electron chi connectivity index (χ0n) is 14.2. The molecule has 2 fully saturated rings. The van der Waals surface area contributed by atoms with Gasteiger partial charge in [0.05, 0.1) is 0 Å². The normalized spacial score (nSPS) is 20.9. The van der Waals surface area contributed by atoms with Gasteiger partial charge in [-0.2, -0.15) is 0 Å². The molecule has 0 spiro atoms. The summed E-state index contributed by atoms with van der Waals surface area (Å²) >= 11 is 0. The van der Waals surface area contributed by atoms with Crippen LogP contribution in [0.25, 0.3) is 11.1 Å². The molecule has 0 unspecified atom stereocenters. The van der Waals surface area contributed by atoms with Crippen molar-refractivity contribution >= 4 is 5.91 Å². The van der Waals surface area contributed by atoms with Gasteiger partial charge >= 0.3 is 0 Å². The van der Waals surface area contributed by atoms with Gasteiger partial charge in [0.2, 0.25) is 0 Å². The molecule has 24 heavy (non-hydrogen) atoms. The van der Waals surface area contributed by atoms with Crippen molar-refractivity contribution in [2.75, 3.05) is 26.2 Å². The average molecular weight is 320 g/mol. The van der Waals surface area contributed by atoms with Crippen molar-refractivity contribution in [2.45, 2.75) is 25.8 Å². The highest BCUT2D eigenvalue weighted by molar-refractivity contribution is 5.95. The summed E-state index contributed by atoms with van der Waals surface area (Å²) in [6.45, 7) is 6.10. The van der Waals surface area contributed by atoms with Crippen molar-refractivity contribution in [3.63, 3.8) is 0 Å². The van der Waals surface area contributed by atoms with Crippen LogP contribution in [0.15, 0.2) is 48.5 Å². The lowest BCUT2D eigenvalue weighted by atomic mass is 9.99. The molecule has 0 aliphatic carbocycles. The molecule has 0 aromatic heterocycles. The topological polar surface area (TPSA) is 23.6 Å². The number of aryl methyl sites for hydroxylation is 1. The van der Waals surface area contributed by atoms with Crippen LogP contribution in [-0.4, -0.2) is 47.9 Å². The molecule has 2 heterocycles. The summed E-state index contributed by atoms with van der Waals surface area (Å²) in [5.41, 5.74) is 4.47. The van der Waals surface area contributed by atoms with Crippen molar-refractivity contribution in [1.82, 2.24) is 9.80 Å². The first-order valence-corrected chi connectivity index (χ1v) is 8.92. The van der Waals surface area contributed by atoms with E-state index in [2.05, 4.69) is 48.2 Å². The van der Waals surface area contributed by atoms with E-state index in [-0.39, 0.29) is 5.91 Å². The van der Waals surface area contributed by atoms with Gasteiger partial charge in [-0.3, -0.25) is 9.69 Å². The average Bonchev–Trinajstić information content (AvgIpc) is 3.09. The zero-order chi connectivity index (χ0) is 16.5. The van der Waals surface area contributed by atoms with Crippen molar-refractivity contribution in [2.24, 2.45) is 0 Å². The molecule has 0 bridgehead atoms. The van der Waals surface area contributed by atoms with Crippen molar-refractivity contribution in [3.8, 4) is 11.1 Å². The van der Waals surface area contributed by atoms with Crippen LogP contribution < -0.4 is 0 Å². The van der Waals surface area contributed by atoms with Crippen LogP contribution in [0.3, 0.4) is 0 Å². The number of carbonyl (C=O) groups excluding carboxylic acids is 1. The second-order valence-electron chi connectivity index (χ2n) is 6.98. The Labute approximate surface area is 143 Å². The number of benzene rings is 2. The van der Waals surface area contributed by atoms with Crippen molar-refractivity contribution in [1.29, 1.82) is 0 Å². The van der Waals surface area contributed by atoms with Crippen LogP contribution in [0.2, 0.25) is 0 Å². The molecule has 2 aliphatic rings. The molecule has 124 valence electrons. The van der Waals surface area contributed by atoms with E-state index < -0.39 is 0 Å². The number of amides is 1. The summed E-state index contributed by atoms with van der Waals surface area (Å²) < 4.78 is 0. The van der Waals surface area contributed by atoms with Gasteiger partial charge in [0.15, 0.2) is 0 Å². The van der Waals surface area contributed by atoms with Gasteiger partial charge in [-0.15, -0.1) is 0 Å².